The molecular formula is C41H40FN9O4. The molecule has 4 aliphatic rings. The second-order valence-electron chi connectivity index (χ2n) is 14.7. The molecule has 4 amide bonds. The van der Waals surface area contributed by atoms with Gasteiger partial charge in [-0.1, -0.05) is 24.3 Å². The molecule has 14 heteroatoms. The number of imide groups is 2. The van der Waals surface area contributed by atoms with Crippen molar-refractivity contribution < 1.29 is 23.6 Å². The van der Waals surface area contributed by atoms with Crippen molar-refractivity contribution >= 4 is 40.9 Å². The normalized spacial score (nSPS) is 20.5. The van der Waals surface area contributed by atoms with Crippen LogP contribution in [0.4, 0.5) is 16.0 Å². The maximum absolute atomic E-state index is 14.1. The van der Waals surface area contributed by atoms with Crippen LogP contribution in [0.5, 0.6) is 0 Å². The summed E-state index contributed by atoms with van der Waals surface area (Å²) in [5, 5.41) is 7.25. The molecule has 7 heterocycles. The lowest BCUT2D eigenvalue weighted by Crippen LogP contribution is -2.54. The Balaban J connectivity index is 0.814. The number of amides is 4. The van der Waals surface area contributed by atoms with Gasteiger partial charge in [0, 0.05) is 39.1 Å². The van der Waals surface area contributed by atoms with Crippen LogP contribution in [-0.2, 0) is 16.0 Å². The highest BCUT2D eigenvalue weighted by atomic mass is 19.1. The molecule has 5 aromatic rings. The van der Waals surface area contributed by atoms with Gasteiger partial charge in [0.15, 0.2) is 5.65 Å². The van der Waals surface area contributed by atoms with Crippen molar-refractivity contribution in [3.8, 4) is 11.4 Å². The van der Waals surface area contributed by atoms with E-state index < -0.39 is 29.7 Å². The van der Waals surface area contributed by atoms with Crippen molar-refractivity contribution in [1.82, 2.24) is 34.7 Å². The molecule has 1 unspecified atom stereocenters. The predicted octanol–water partition coefficient (Wildman–Crippen LogP) is 4.43. The van der Waals surface area contributed by atoms with E-state index in [-0.39, 0.29) is 24.7 Å². The lowest BCUT2D eigenvalue weighted by Gasteiger charge is -2.35. The number of imidazole rings is 1. The molecule has 3 fully saturated rings. The zero-order chi connectivity index (χ0) is 37.6. The summed E-state index contributed by atoms with van der Waals surface area (Å²) in [6.07, 6.45) is 5.61. The van der Waals surface area contributed by atoms with E-state index >= 15 is 0 Å². The third-order valence-corrected chi connectivity index (χ3v) is 11.3. The number of piperidine rings is 1. The highest BCUT2D eigenvalue weighted by Crippen LogP contribution is 2.36. The fourth-order valence-electron chi connectivity index (χ4n) is 8.42. The number of fused-ring (bicyclic) bond motifs is 2. The maximum atomic E-state index is 14.1. The molecule has 9 rings (SSSR count). The largest absolute Gasteiger partial charge is 0.354 e. The van der Waals surface area contributed by atoms with Gasteiger partial charge in [0.2, 0.25) is 11.8 Å². The minimum absolute atomic E-state index is 0.0596. The van der Waals surface area contributed by atoms with Crippen LogP contribution >= 0.6 is 0 Å². The summed E-state index contributed by atoms with van der Waals surface area (Å²) in [4.78, 5) is 67.9. The molecule has 2 atom stereocenters. The smallest absolute Gasteiger partial charge is 0.262 e. The number of benzene rings is 2. The van der Waals surface area contributed by atoms with Gasteiger partial charge in [0.05, 0.1) is 29.1 Å². The van der Waals surface area contributed by atoms with E-state index in [1.165, 1.54) is 6.07 Å². The third-order valence-electron chi connectivity index (χ3n) is 11.3. The minimum Gasteiger partial charge on any atom is -0.354 e. The van der Waals surface area contributed by atoms with Crippen molar-refractivity contribution in [1.29, 1.82) is 0 Å². The molecule has 1 N–H and O–H groups in total. The Labute approximate surface area is 316 Å². The molecule has 280 valence electrons. The fourth-order valence-corrected chi connectivity index (χ4v) is 8.42. The van der Waals surface area contributed by atoms with E-state index in [2.05, 4.69) is 25.0 Å². The Bertz CT molecular complexity index is 2340. The first-order chi connectivity index (χ1) is 26.8. The molecule has 13 nitrogen and oxygen atoms in total. The summed E-state index contributed by atoms with van der Waals surface area (Å²) in [5.74, 6) is -0.477. The molecule has 0 aliphatic carbocycles. The van der Waals surface area contributed by atoms with Crippen LogP contribution < -0.4 is 15.1 Å². The van der Waals surface area contributed by atoms with Crippen molar-refractivity contribution in [3.05, 3.63) is 107 Å². The van der Waals surface area contributed by atoms with Crippen LogP contribution in [0.15, 0.2) is 79.0 Å². The van der Waals surface area contributed by atoms with Crippen LogP contribution in [0, 0.1) is 5.82 Å². The highest BCUT2D eigenvalue weighted by Gasteiger charge is 2.44. The second kappa shape index (κ2) is 14.3. The second-order valence-corrected chi connectivity index (χ2v) is 14.7. The number of nitrogens with one attached hydrogen (secondary N) is 1. The van der Waals surface area contributed by atoms with Crippen LogP contribution in [0.1, 0.15) is 70.0 Å². The molecule has 0 saturated carbocycles. The number of carbonyl (C=O) groups is 4. The molecule has 3 saturated heterocycles. The van der Waals surface area contributed by atoms with Crippen LogP contribution in [0.2, 0.25) is 0 Å². The van der Waals surface area contributed by atoms with Crippen molar-refractivity contribution in [2.45, 2.75) is 50.6 Å². The van der Waals surface area contributed by atoms with Gasteiger partial charge in [-0.05, 0) is 98.3 Å². The van der Waals surface area contributed by atoms with Gasteiger partial charge in [0.1, 0.15) is 29.2 Å². The Hall–Kier alpha value is -6.02. The lowest BCUT2D eigenvalue weighted by atomic mass is 10.0. The number of nitrogens with zero attached hydrogens (tertiary/aromatic N) is 8. The molecule has 4 aliphatic heterocycles. The maximum Gasteiger partial charge on any atom is 0.262 e. The number of piperazine rings is 1. The van der Waals surface area contributed by atoms with E-state index in [0.717, 1.165) is 110 Å². The highest BCUT2D eigenvalue weighted by molar-refractivity contribution is 6.23. The summed E-state index contributed by atoms with van der Waals surface area (Å²) in [6.45, 7) is 5.15. The molecule has 0 bridgehead atoms. The van der Waals surface area contributed by atoms with Gasteiger partial charge in [-0.25, -0.2) is 18.9 Å². The number of carbonyl (C=O) groups excluding carboxylic acids is 4. The molecular weight excluding hydrogens is 702 g/mol. The number of pyridine rings is 1. The van der Waals surface area contributed by atoms with Crippen LogP contribution in [-0.4, -0.2) is 98.3 Å². The zero-order valence-corrected chi connectivity index (χ0v) is 30.2. The van der Waals surface area contributed by atoms with Crippen molar-refractivity contribution in [3.63, 3.8) is 0 Å². The molecule has 0 radical (unpaired) electrons. The number of aromatic nitrogens is 4. The molecule has 2 aromatic carbocycles. The van der Waals surface area contributed by atoms with E-state index in [1.54, 1.807) is 24.3 Å². The SMILES string of the molecule is O=C1CCC(N2C(=O)c3ccc(CCCN4CCN(c5cccc(-c6cnc7ccc(N8CCC[C@@H]8c8cccc(F)c8)nn67)n5)CC4)cc3C2=O)C(=O)N1. The molecule has 0 spiro atoms. The molecule has 55 heavy (non-hydrogen) atoms. The summed E-state index contributed by atoms with van der Waals surface area (Å²) in [6, 6.07) is 21.3. The van der Waals surface area contributed by atoms with Crippen LogP contribution in [0.3, 0.4) is 0 Å². The number of anilines is 2. The Kier molecular flexibility index (Phi) is 9.05. The van der Waals surface area contributed by atoms with Gasteiger partial charge in [-0.2, -0.15) is 0 Å². The number of aryl methyl sites for hydroxylation is 1. The Morgan fingerprint density at radius 3 is 2.47 bits per heavy atom. The van der Waals surface area contributed by atoms with Gasteiger partial charge in [-0.15, -0.1) is 5.10 Å². The zero-order valence-electron chi connectivity index (χ0n) is 30.2. The number of halogens is 1. The first-order valence-corrected chi connectivity index (χ1v) is 19.0. The standard InChI is InChI=1S/C41H40FN9O4/c42-28-7-1-6-27(24-28)32-9-4-18-49(32)37-15-14-35-43-25-34(51(35)46-37)31-8-2-10-36(44-31)48-21-19-47(20-22-48)17-3-5-26-11-12-29-30(23-26)41(55)50(40(29)54)33-13-16-38(52)45-39(33)53/h1-2,6-8,10-12,14-15,23-25,32-33H,3-5,9,13,16-22H2,(H,45,52,53)/t32-,33?/m1/s1. The predicted molar refractivity (Wildman–Crippen MR) is 202 cm³/mol. The fraction of sp³-hybridized carbons (Fsp3) is 0.341. The lowest BCUT2D eigenvalue weighted by molar-refractivity contribution is -0.136. The van der Waals surface area contributed by atoms with Gasteiger partial charge >= 0.3 is 0 Å². The third kappa shape index (κ3) is 6.60. The van der Waals surface area contributed by atoms with E-state index in [4.69, 9.17) is 10.1 Å². The average molecular weight is 742 g/mol. The monoisotopic (exact) mass is 741 g/mol. The Morgan fingerprint density at radius 1 is 0.800 bits per heavy atom. The Morgan fingerprint density at radius 2 is 1.64 bits per heavy atom. The molecule has 3 aromatic heterocycles. The van der Waals surface area contributed by atoms with Crippen molar-refractivity contribution in [2.24, 2.45) is 0 Å². The number of rotatable bonds is 9. The summed E-state index contributed by atoms with van der Waals surface area (Å²) in [5.41, 5.74) is 4.86. The van der Waals surface area contributed by atoms with Gasteiger partial charge in [0.25, 0.3) is 11.8 Å². The minimum atomic E-state index is -0.968. The van der Waals surface area contributed by atoms with E-state index in [9.17, 15) is 23.6 Å². The quantitative estimate of drug-likeness (QED) is 0.216. The van der Waals surface area contributed by atoms with Gasteiger partial charge in [-0.3, -0.25) is 34.3 Å². The van der Waals surface area contributed by atoms with E-state index in [0.29, 0.717) is 11.1 Å². The summed E-state index contributed by atoms with van der Waals surface area (Å²) < 4.78 is 15.9. The number of hydrogen-bond acceptors (Lipinski definition) is 10. The van der Waals surface area contributed by atoms with Gasteiger partial charge < -0.3 is 9.80 Å². The first-order valence-electron chi connectivity index (χ1n) is 19.0. The summed E-state index contributed by atoms with van der Waals surface area (Å²) in [7, 11) is 0. The average Bonchev–Trinajstić information content (AvgIpc) is 3.92. The number of hydrogen-bond donors (Lipinski definition) is 1. The first kappa shape index (κ1) is 34.7. The van der Waals surface area contributed by atoms with Crippen LogP contribution in [0.25, 0.3) is 17.0 Å². The summed E-state index contributed by atoms with van der Waals surface area (Å²) >= 11 is 0. The van der Waals surface area contributed by atoms with Crippen molar-refractivity contribution in [2.75, 3.05) is 49.1 Å². The topological polar surface area (TPSA) is 136 Å². The van der Waals surface area contributed by atoms with E-state index in [1.807, 2.05) is 53.2 Å².